The Balaban J connectivity index is 1.78. The number of halogens is 2. The van der Waals surface area contributed by atoms with Crippen LogP contribution in [0.15, 0.2) is 46.9 Å². The van der Waals surface area contributed by atoms with Crippen LogP contribution in [0.3, 0.4) is 0 Å². The minimum Gasteiger partial charge on any atom is -0.324 e. The summed E-state index contributed by atoms with van der Waals surface area (Å²) in [5.41, 5.74) is 1.50. The van der Waals surface area contributed by atoms with Crippen molar-refractivity contribution in [1.29, 1.82) is 0 Å². The van der Waals surface area contributed by atoms with Gasteiger partial charge in [-0.25, -0.2) is 0 Å². The first-order valence-corrected chi connectivity index (χ1v) is 9.82. The van der Waals surface area contributed by atoms with Crippen LogP contribution >= 0.6 is 27.5 Å². The molecule has 0 spiro atoms. The van der Waals surface area contributed by atoms with Crippen molar-refractivity contribution in [3.05, 3.63) is 63.1 Å². The maximum Gasteiger partial charge on any atom is 0.238 e. The molecule has 0 atom stereocenters. The topological polar surface area (TPSA) is 49.4 Å². The van der Waals surface area contributed by atoms with Gasteiger partial charge in [-0.15, -0.1) is 0 Å². The molecule has 1 saturated heterocycles. The predicted octanol–water partition coefficient (Wildman–Crippen LogP) is 4.76. The summed E-state index contributed by atoms with van der Waals surface area (Å²) >= 11 is 9.30. The van der Waals surface area contributed by atoms with Crippen molar-refractivity contribution in [3.8, 4) is 0 Å². The summed E-state index contributed by atoms with van der Waals surface area (Å²) in [6.45, 7) is 2.25. The first kappa shape index (κ1) is 19.1. The molecule has 1 heterocycles. The Bertz CT molecular complexity index is 802. The first-order valence-electron chi connectivity index (χ1n) is 8.65. The smallest absolute Gasteiger partial charge is 0.238 e. The molecule has 0 aromatic heterocycles. The average molecular weight is 436 g/mol. The molecule has 1 fully saturated rings. The molecule has 1 aliphatic heterocycles. The van der Waals surface area contributed by atoms with Crippen LogP contribution in [0.25, 0.3) is 0 Å². The lowest BCUT2D eigenvalue weighted by molar-refractivity contribution is -0.117. The summed E-state index contributed by atoms with van der Waals surface area (Å²) in [6, 6.07) is 12.0. The number of amides is 1. The lowest BCUT2D eigenvalue weighted by atomic mass is 10.0. The molecule has 1 amide bonds. The molecule has 0 saturated carbocycles. The van der Waals surface area contributed by atoms with E-state index in [4.69, 9.17) is 11.6 Å². The van der Waals surface area contributed by atoms with Gasteiger partial charge in [0.25, 0.3) is 0 Å². The van der Waals surface area contributed by atoms with Crippen molar-refractivity contribution in [3.63, 3.8) is 0 Å². The molecule has 2 aromatic rings. The number of piperidine rings is 1. The quantitative estimate of drug-likeness (QED) is 0.689. The van der Waals surface area contributed by atoms with Gasteiger partial charge < -0.3 is 5.32 Å². The van der Waals surface area contributed by atoms with Crippen LogP contribution in [0.5, 0.6) is 0 Å². The van der Waals surface area contributed by atoms with Crippen LogP contribution in [0.2, 0.25) is 5.02 Å². The fraction of sp³-hybridized carbons (Fsp3) is 0.300. The summed E-state index contributed by atoms with van der Waals surface area (Å²) in [7, 11) is 0. The summed E-state index contributed by atoms with van der Waals surface area (Å²) in [6.07, 6.45) is 3.49. The van der Waals surface area contributed by atoms with Gasteiger partial charge in [0.1, 0.15) is 0 Å². The number of benzene rings is 2. The highest BCUT2D eigenvalue weighted by Gasteiger charge is 2.18. The Labute approximate surface area is 166 Å². The highest BCUT2D eigenvalue weighted by Crippen LogP contribution is 2.25. The number of rotatable bonds is 5. The molecule has 6 heteroatoms. The van der Waals surface area contributed by atoms with E-state index in [0.29, 0.717) is 28.4 Å². The summed E-state index contributed by atoms with van der Waals surface area (Å²) < 4.78 is 0.781. The molecule has 0 aliphatic carbocycles. The fourth-order valence-electron chi connectivity index (χ4n) is 3.08. The van der Waals surface area contributed by atoms with E-state index in [1.165, 1.54) is 6.42 Å². The van der Waals surface area contributed by atoms with Crippen LogP contribution in [-0.2, 0) is 4.79 Å². The number of hydrogen-bond acceptors (Lipinski definition) is 3. The number of likely N-dealkylation sites (tertiary alicyclic amines) is 1. The SMILES string of the molecule is O=C(CN1CCCCC1)Nc1ccc(Br)cc1C(=O)c1ccc(Cl)cc1. The van der Waals surface area contributed by atoms with Gasteiger partial charge in [-0.1, -0.05) is 34.0 Å². The zero-order valence-electron chi connectivity index (χ0n) is 14.3. The molecule has 136 valence electrons. The summed E-state index contributed by atoms with van der Waals surface area (Å²) in [5, 5.41) is 3.47. The van der Waals surface area contributed by atoms with E-state index in [-0.39, 0.29) is 11.7 Å². The highest BCUT2D eigenvalue weighted by atomic mass is 79.9. The third-order valence-corrected chi connectivity index (χ3v) is 5.17. The molecule has 0 radical (unpaired) electrons. The van der Waals surface area contributed by atoms with Crippen molar-refractivity contribution in [2.75, 3.05) is 25.0 Å². The van der Waals surface area contributed by atoms with E-state index in [9.17, 15) is 9.59 Å². The third-order valence-electron chi connectivity index (χ3n) is 4.42. The van der Waals surface area contributed by atoms with E-state index in [1.807, 2.05) is 6.07 Å². The summed E-state index contributed by atoms with van der Waals surface area (Å²) in [4.78, 5) is 27.5. The Hall–Kier alpha value is -1.69. The zero-order valence-corrected chi connectivity index (χ0v) is 16.6. The number of ketones is 1. The molecule has 0 unspecified atom stereocenters. The monoisotopic (exact) mass is 434 g/mol. The largest absolute Gasteiger partial charge is 0.324 e. The molecular formula is C20H20BrClN2O2. The van der Waals surface area contributed by atoms with Gasteiger partial charge in [-0.2, -0.15) is 0 Å². The van der Waals surface area contributed by atoms with Crippen molar-refractivity contribution < 1.29 is 9.59 Å². The maximum absolute atomic E-state index is 12.9. The molecule has 4 nitrogen and oxygen atoms in total. The van der Waals surface area contributed by atoms with Gasteiger partial charge in [0.15, 0.2) is 5.78 Å². The average Bonchev–Trinajstić information content (AvgIpc) is 2.64. The zero-order chi connectivity index (χ0) is 18.5. The van der Waals surface area contributed by atoms with E-state index >= 15 is 0 Å². The molecular weight excluding hydrogens is 416 g/mol. The molecule has 2 aromatic carbocycles. The van der Waals surface area contributed by atoms with Gasteiger partial charge in [-0.05, 0) is 68.4 Å². The van der Waals surface area contributed by atoms with Crippen molar-refractivity contribution in [2.45, 2.75) is 19.3 Å². The lowest BCUT2D eigenvalue weighted by Crippen LogP contribution is -2.37. The van der Waals surface area contributed by atoms with Gasteiger partial charge >= 0.3 is 0 Å². The van der Waals surface area contributed by atoms with Crippen molar-refractivity contribution in [1.82, 2.24) is 4.90 Å². The van der Waals surface area contributed by atoms with E-state index in [2.05, 4.69) is 26.1 Å². The number of nitrogens with one attached hydrogen (secondary N) is 1. The maximum atomic E-state index is 12.9. The van der Waals surface area contributed by atoms with Crippen LogP contribution in [0.4, 0.5) is 5.69 Å². The summed E-state index contributed by atoms with van der Waals surface area (Å²) in [5.74, 6) is -0.254. The number of anilines is 1. The molecule has 1 aliphatic rings. The fourth-order valence-corrected chi connectivity index (χ4v) is 3.57. The third kappa shape index (κ3) is 4.93. The van der Waals surface area contributed by atoms with Gasteiger partial charge in [0.2, 0.25) is 5.91 Å². The second-order valence-corrected chi connectivity index (χ2v) is 7.76. The van der Waals surface area contributed by atoms with E-state index in [1.54, 1.807) is 36.4 Å². The second kappa shape index (κ2) is 8.80. The molecule has 1 N–H and O–H groups in total. The van der Waals surface area contributed by atoms with Crippen molar-refractivity contribution in [2.24, 2.45) is 0 Å². The lowest BCUT2D eigenvalue weighted by Gasteiger charge is -2.25. The molecule has 0 bridgehead atoms. The Morgan fingerprint density at radius 1 is 1.04 bits per heavy atom. The minimum atomic E-state index is -0.156. The predicted molar refractivity (Wildman–Crippen MR) is 108 cm³/mol. The Morgan fingerprint density at radius 2 is 1.73 bits per heavy atom. The highest BCUT2D eigenvalue weighted by molar-refractivity contribution is 9.10. The standard InChI is InChI=1S/C20H20BrClN2O2/c21-15-6-9-18(23-19(25)13-24-10-2-1-3-11-24)17(12-15)20(26)14-4-7-16(22)8-5-14/h4-9,12H,1-3,10-11,13H2,(H,23,25). The van der Waals surface area contributed by atoms with E-state index in [0.717, 1.165) is 30.4 Å². The molecule has 3 rings (SSSR count). The molecule has 26 heavy (non-hydrogen) atoms. The van der Waals surface area contributed by atoms with Crippen LogP contribution < -0.4 is 5.32 Å². The number of carbonyl (C=O) groups is 2. The van der Waals surface area contributed by atoms with Crippen LogP contribution in [0, 0.1) is 0 Å². The number of carbonyl (C=O) groups excluding carboxylic acids is 2. The van der Waals surface area contributed by atoms with E-state index < -0.39 is 0 Å². The normalized spacial score (nSPS) is 14.8. The Morgan fingerprint density at radius 3 is 2.42 bits per heavy atom. The Kier molecular flexibility index (Phi) is 6.46. The first-order chi connectivity index (χ1) is 12.5. The van der Waals surface area contributed by atoms with Gasteiger partial charge in [0, 0.05) is 20.6 Å². The van der Waals surface area contributed by atoms with Crippen LogP contribution in [0.1, 0.15) is 35.2 Å². The van der Waals surface area contributed by atoms with Crippen LogP contribution in [-0.4, -0.2) is 36.2 Å². The minimum absolute atomic E-state index is 0.0978. The van der Waals surface area contributed by atoms with Gasteiger partial charge in [-0.3, -0.25) is 14.5 Å². The number of nitrogens with zero attached hydrogens (tertiary/aromatic N) is 1. The van der Waals surface area contributed by atoms with Crippen molar-refractivity contribution >= 4 is 44.9 Å². The second-order valence-electron chi connectivity index (χ2n) is 6.41. The van der Waals surface area contributed by atoms with Gasteiger partial charge in [0.05, 0.1) is 12.2 Å². The number of hydrogen-bond donors (Lipinski definition) is 1.